The van der Waals surface area contributed by atoms with Gasteiger partial charge in [-0.25, -0.2) is 20.3 Å². The van der Waals surface area contributed by atoms with E-state index in [1.807, 2.05) is 19.9 Å². The van der Waals surface area contributed by atoms with Crippen LogP contribution in [0.4, 0.5) is 15.8 Å². The molecule has 7 nitrogen and oxygen atoms in total. The maximum Gasteiger partial charge on any atom is 0.243 e. The summed E-state index contributed by atoms with van der Waals surface area (Å²) in [5.41, 5.74) is 13.5. The van der Waals surface area contributed by atoms with Gasteiger partial charge in [-0.05, 0) is 42.3 Å². The smallest absolute Gasteiger partial charge is 0.243 e. The van der Waals surface area contributed by atoms with Crippen molar-refractivity contribution in [2.45, 2.75) is 44.3 Å². The molecule has 3 aliphatic heterocycles. The van der Waals surface area contributed by atoms with Crippen molar-refractivity contribution in [2.24, 2.45) is 0 Å². The topological polar surface area (TPSA) is 62.9 Å². The summed E-state index contributed by atoms with van der Waals surface area (Å²) in [6.07, 6.45) is 0.298. The monoisotopic (exact) mass is 452 g/mol. The van der Waals surface area contributed by atoms with Gasteiger partial charge in [0.2, 0.25) is 5.91 Å². The normalized spacial score (nSPS) is 26.2. The number of hydrogen-bond donors (Lipinski definition) is 3. The van der Waals surface area contributed by atoms with Crippen molar-refractivity contribution in [3.05, 3.63) is 59.4 Å². The fourth-order valence-corrected chi connectivity index (χ4v) is 5.12. The molecule has 0 bridgehead atoms. The number of rotatable bonds is 4. The zero-order valence-corrected chi connectivity index (χ0v) is 19.5. The zero-order valence-electron chi connectivity index (χ0n) is 19.5. The number of anilines is 2. The molecule has 3 unspecified atom stereocenters. The average Bonchev–Trinajstić information content (AvgIpc) is 3.21. The van der Waals surface area contributed by atoms with Gasteiger partial charge < -0.3 is 9.80 Å². The summed E-state index contributed by atoms with van der Waals surface area (Å²) in [4.78, 5) is 17.7. The maximum atomic E-state index is 14.9. The lowest BCUT2D eigenvalue weighted by molar-refractivity contribution is -0.121. The number of nitrogens with one attached hydrogen (secondary N) is 3. The quantitative estimate of drug-likeness (QED) is 0.663. The molecule has 2 aromatic carbocycles. The van der Waals surface area contributed by atoms with Crippen molar-refractivity contribution in [3.63, 3.8) is 0 Å². The Morgan fingerprint density at radius 3 is 2.42 bits per heavy atom. The Morgan fingerprint density at radius 1 is 1.00 bits per heavy atom. The van der Waals surface area contributed by atoms with Crippen molar-refractivity contribution in [1.29, 1.82) is 0 Å². The average molecular weight is 453 g/mol. The van der Waals surface area contributed by atoms with E-state index in [2.05, 4.69) is 57.4 Å². The van der Waals surface area contributed by atoms with Gasteiger partial charge >= 0.3 is 0 Å². The maximum absolute atomic E-state index is 14.9. The molecular formula is C25H33FN6O. The lowest BCUT2D eigenvalue weighted by atomic mass is 9.92. The summed E-state index contributed by atoms with van der Waals surface area (Å²) in [5.74, 6) is -0.420. The fraction of sp³-hybridized carbons (Fsp3) is 0.480. The number of carbonyl (C=O) groups is 1. The number of carbonyl (C=O) groups excluding carboxylic acids is 1. The molecule has 3 N–H and O–H groups in total. The molecule has 3 heterocycles. The van der Waals surface area contributed by atoms with Crippen LogP contribution in [0.15, 0.2) is 42.5 Å². The van der Waals surface area contributed by atoms with Crippen LogP contribution in [0.5, 0.6) is 0 Å². The van der Waals surface area contributed by atoms with Crippen molar-refractivity contribution >= 4 is 17.3 Å². The van der Waals surface area contributed by atoms with Crippen molar-refractivity contribution in [2.75, 3.05) is 43.1 Å². The first-order chi connectivity index (χ1) is 15.9. The van der Waals surface area contributed by atoms with Crippen LogP contribution < -0.4 is 26.2 Å². The van der Waals surface area contributed by atoms with Crippen LogP contribution in [0.25, 0.3) is 0 Å². The van der Waals surface area contributed by atoms with Gasteiger partial charge in [0.1, 0.15) is 5.82 Å². The molecule has 3 aliphatic rings. The van der Waals surface area contributed by atoms with Gasteiger partial charge in [0.05, 0.1) is 17.8 Å². The van der Waals surface area contributed by atoms with E-state index in [1.165, 1.54) is 16.8 Å². The van der Waals surface area contributed by atoms with Crippen LogP contribution in [-0.4, -0.2) is 56.1 Å². The number of hydrogen-bond acceptors (Lipinski definition) is 6. The second-order valence-corrected chi connectivity index (χ2v) is 9.68. The Bertz CT molecular complexity index is 1000. The minimum absolute atomic E-state index is 0.0404. The number of fused-ring (bicyclic) bond motifs is 1. The van der Waals surface area contributed by atoms with Gasteiger partial charge in [0.15, 0.2) is 0 Å². The van der Waals surface area contributed by atoms with Crippen LogP contribution in [0.3, 0.4) is 0 Å². The molecule has 1 amide bonds. The number of benzene rings is 2. The zero-order chi connectivity index (χ0) is 23.1. The molecule has 0 spiro atoms. The third kappa shape index (κ3) is 4.24. The Morgan fingerprint density at radius 2 is 1.73 bits per heavy atom. The van der Waals surface area contributed by atoms with E-state index in [0.29, 0.717) is 12.1 Å². The molecule has 176 valence electrons. The summed E-state index contributed by atoms with van der Waals surface area (Å²) in [6, 6.07) is 13.5. The van der Waals surface area contributed by atoms with E-state index < -0.39 is 0 Å². The highest BCUT2D eigenvalue weighted by Crippen LogP contribution is 2.35. The van der Waals surface area contributed by atoms with Crippen LogP contribution >= 0.6 is 0 Å². The van der Waals surface area contributed by atoms with Gasteiger partial charge in [-0.1, -0.05) is 38.1 Å². The Labute approximate surface area is 194 Å². The summed E-state index contributed by atoms with van der Waals surface area (Å²) in [7, 11) is 2.16. The van der Waals surface area contributed by atoms with Gasteiger partial charge in [0, 0.05) is 44.3 Å². The van der Waals surface area contributed by atoms with E-state index in [-0.39, 0.29) is 35.8 Å². The molecule has 3 saturated heterocycles. The van der Waals surface area contributed by atoms with E-state index in [4.69, 9.17) is 0 Å². The number of likely N-dealkylation sites (N-methyl/N-ethyl adjacent to an activating group) is 1. The van der Waals surface area contributed by atoms with E-state index in [9.17, 15) is 9.18 Å². The fourth-order valence-electron chi connectivity index (χ4n) is 5.12. The van der Waals surface area contributed by atoms with E-state index in [0.717, 1.165) is 37.3 Å². The predicted molar refractivity (Wildman–Crippen MR) is 128 cm³/mol. The SMILES string of the molecule is CC(C)c1cccc(F)c1N1NC2C(CC1=O)NNC2c1ccc(N2CCN(C)CC2)cc1. The highest BCUT2D eigenvalue weighted by Gasteiger charge is 2.44. The minimum atomic E-state index is -0.382. The highest BCUT2D eigenvalue weighted by molar-refractivity contribution is 5.95. The molecule has 0 saturated carbocycles. The first-order valence-corrected chi connectivity index (χ1v) is 11.8. The lowest BCUT2D eigenvalue weighted by Gasteiger charge is -2.38. The van der Waals surface area contributed by atoms with E-state index in [1.54, 1.807) is 6.07 Å². The molecule has 0 radical (unpaired) electrons. The molecule has 33 heavy (non-hydrogen) atoms. The van der Waals surface area contributed by atoms with Crippen LogP contribution in [0, 0.1) is 5.82 Å². The third-order valence-corrected chi connectivity index (χ3v) is 7.12. The van der Waals surface area contributed by atoms with Gasteiger partial charge in [-0.2, -0.15) is 0 Å². The van der Waals surface area contributed by atoms with Crippen molar-refractivity contribution < 1.29 is 9.18 Å². The minimum Gasteiger partial charge on any atom is -0.369 e. The Hall–Kier alpha value is -2.52. The molecular weight excluding hydrogens is 419 g/mol. The summed E-state index contributed by atoms with van der Waals surface area (Å²) < 4.78 is 14.9. The van der Waals surface area contributed by atoms with Gasteiger partial charge in [-0.3, -0.25) is 10.2 Å². The predicted octanol–water partition coefficient (Wildman–Crippen LogP) is 2.53. The largest absolute Gasteiger partial charge is 0.369 e. The second kappa shape index (κ2) is 9.02. The van der Waals surface area contributed by atoms with Crippen LogP contribution in [-0.2, 0) is 4.79 Å². The Balaban J connectivity index is 1.37. The van der Waals surface area contributed by atoms with Crippen LogP contribution in [0.2, 0.25) is 0 Å². The summed E-state index contributed by atoms with van der Waals surface area (Å²) >= 11 is 0. The molecule has 5 rings (SSSR count). The first-order valence-electron chi connectivity index (χ1n) is 11.8. The number of para-hydroxylation sites is 1. The van der Waals surface area contributed by atoms with Gasteiger partial charge in [-0.15, -0.1) is 0 Å². The molecule has 8 heteroatoms. The van der Waals surface area contributed by atoms with E-state index >= 15 is 0 Å². The van der Waals surface area contributed by atoms with Crippen LogP contribution in [0.1, 0.15) is 43.4 Å². The molecule has 0 aromatic heterocycles. The molecule has 0 aliphatic carbocycles. The van der Waals surface area contributed by atoms with Crippen molar-refractivity contribution in [1.82, 2.24) is 21.2 Å². The standard InChI is InChI=1S/C25H33FN6O/c1-16(2)19-5-4-6-20(26)25(19)32-22(33)15-21-24(29-32)23(28-27-21)17-7-9-18(10-8-17)31-13-11-30(3)12-14-31/h4-10,16,21,23-24,27-29H,11-15H2,1-3H3. The number of nitrogens with zero attached hydrogens (tertiary/aromatic N) is 3. The second-order valence-electron chi connectivity index (χ2n) is 9.68. The molecule has 2 aromatic rings. The summed E-state index contributed by atoms with van der Waals surface area (Å²) in [6.45, 7) is 8.23. The number of hydrazine groups is 2. The third-order valence-electron chi connectivity index (χ3n) is 7.12. The Kier molecular flexibility index (Phi) is 6.09. The molecule has 3 atom stereocenters. The summed E-state index contributed by atoms with van der Waals surface area (Å²) in [5, 5.41) is 1.44. The molecule has 3 fully saturated rings. The number of piperazine rings is 1. The lowest BCUT2D eigenvalue weighted by Crippen LogP contribution is -2.60. The number of halogens is 1. The van der Waals surface area contributed by atoms with Crippen molar-refractivity contribution in [3.8, 4) is 0 Å². The first kappa shape index (κ1) is 22.3. The van der Waals surface area contributed by atoms with Gasteiger partial charge in [0.25, 0.3) is 0 Å². The highest BCUT2D eigenvalue weighted by atomic mass is 19.1. The number of amides is 1.